The van der Waals surface area contributed by atoms with Gasteiger partial charge in [0.15, 0.2) is 0 Å². The van der Waals surface area contributed by atoms with Crippen molar-refractivity contribution in [1.29, 1.82) is 5.26 Å². The quantitative estimate of drug-likeness (QED) is 0.648. The molecule has 2 aromatic heterocycles. The summed E-state index contributed by atoms with van der Waals surface area (Å²) in [6.45, 7) is -0.0675. The summed E-state index contributed by atoms with van der Waals surface area (Å²) in [4.78, 5) is 23.3. The highest BCUT2D eigenvalue weighted by Crippen LogP contribution is 2.38. The van der Waals surface area contributed by atoms with Gasteiger partial charge in [0, 0.05) is 17.0 Å². The maximum absolute atomic E-state index is 13.2. The van der Waals surface area contributed by atoms with Crippen molar-refractivity contribution in [3.63, 3.8) is 0 Å². The van der Waals surface area contributed by atoms with Crippen molar-refractivity contribution >= 4 is 28.2 Å². The molecule has 0 radical (unpaired) electrons. The zero-order valence-electron chi connectivity index (χ0n) is 15.6. The molecule has 0 spiro atoms. The number of urea groups is 1. The van der Waals surface area contributed by atoms with Crippen molar-refractivity contribution in [1.82, 2.24) is 9.97 Å². The molecule has 2 amide bonds. The van der Waals surface area contributed by atoms with Crippen molar-refractivity contribution in [2.45, 2.75) is 12.2 Å². The van der Waals surface area contributed by atoms with Gasteiger partial charge in [0.25, 0.3) is 0 Å². The lowest BCUT2D eigenvalue weighted by molar-refractivity contribution is -0.141. The van der Waals surface area contributed by atoms with Crippen LogP contribution in [0.2, 0.25) is 0 Å². The van der Waals surface area contributed by atoms with Gasteiger partial charge in [-0.15, -0.1) is 0 Å². The summed E-state index contributed by atoms with van der Waals surface area (Å²) >= 11 is 0. The van der Waals surface area contributed by atoms with Crippen molar-refractivity contribution in [2.75, 3.05) is 23.5 Å². The number of rotatable bonds is 3. The fourth-order valence-electron chi connectivity index (χ4n) is 3.41. The fraction of sp³-hybridized carbons (Fsp3) is 0.200. The maximum atomic E-state index is 13.2. The number of hydrogen-bond acceptors (Lipinski definition) is 5. The summed E-state index contributed by atoms with van der Waals surface area (Å²) in [6.07, 6.45) is -1.53. The highest BCUT2D eigenvalue weighted by molar-refractivity contribution is 6.12. The molecule has 0 aliphatic carbocycles. The standard InChI is InChI=1S/C20H14F3N5O2/c1-30-18-15(6-7-17(26-18)20(21,22)23)27-11-13(8-24)28(19(27)29)16-10-25-9-12-4-2-3-5-14(12)16/h2-7,9-10,13H,11H2,1H3. The number of carbonyl (C=O) groups excluding carboxylic acids is 1. The Labute approximate surface area is 168 Å². The minimum Gasteiger partial charge on any atom is -0.479 e. The Balaban J connectivity index is 1.78. The highest BCUT2D eigenvalue weighted by Gasteiger charge is 2.42. The topological polar surface area (TPSA) is 82.3 Å². The third-order valence-electron chi connectivity index (χ3n) is 4.77. The van der Waals surface area contributed by atoms with Crippen LogP contribution in [-0.4, -0.2) is 35.7 Å². The average molecular weight is 413 g/mol. The molecule has 7 nitrogen and oxygen atoms in total. The van der Waals surface area contributed by atoms with Crippen LogP contribution < -0.4 is 14.5 Å². The van der Waals surface area contributed by atoms with E-state index in [1.165, 1.54) is 23.1 Å². The number of aromatic nitrogens is 2. The fourth-order valence-corrected chi connectivity index (χ4v) is 3.41. The summed E-state index contributed by atoms with van der Waals surface area (Å²) in [5.41, 5.74) is -0.654. The maximum Gasteiger partial charge on any atom is 0.433 e. The van der Waals surface area contributed by atoms with Gasteiger partial charge in [-0.05, 0) is 12.1 Å². The van der Waals surface area contributed by atoms with Crippen LogP contribution >= 0.6 is 0 Å². The van der Waals surface area contributed by atoms with E-state index in [1.54, 1.807) is 18.3 Å². The van der Waals surface area contributed by atoms with Crippen molar-refractivity contribution in [2.24, 2.45) is 0 Å². The van der Waals surface area contributed by atoms with Crippen LogP contribution in [0.1, 0.15) is 5.69 Å². The zero-order chi connectivity index (χ0) is 21.5. The first-order valence-corrected chi connectivity index (χ1v) is 8.80. The molecule has 1 atom stereocenters. The Morgan fingerprint density at radius 3 is 2.63 bits per heavy atom. The molecule has 0 bridgehead atoms. The number of fused-ring (bicyclic) bond motifs is 1. The minimum atomic E-state index is -4.66. The molecule has 1 fully saturated rings. The number of alkyl halides is 3. The molecule has 1 aliphatic heterocycles. The van der Waals surface area contributed by atoms with Crippen LogP contribution in [0.25, 0.3) is 10.8 Å². The van der Waals surface area contributed by atoms with Crippen LogP contribution in [0.15, 0.2) is 48.8 Å². The van der Waals surface area contributed by atoms with Crippen LogP contribution in [-0.2, 0) is 6.18 Å². The van der Waals surface area contributed by atoms with E-state index in [0.29, 0.717) is 5.69 Å². The lowest BCUT2D eigenvalue weighted by atomic mass is 10.1. The number of anilines is 2. The molecule has 30 heavy (non-hydrogen) atoms. The minimum absolute atomic E-state index is 0.0476. The van der Waals surface area contributed by atoms with Gasteiger partial charge in [0.2, 0.25) is 5.88 Å². The molecule has 1 saturated heterocycles. The van der Waals surface area contributed by atoms with Crippen molar-refractivity contribution in [3.8, 4) is 11.9 Å². The van der Waals surface area contributed by atoms with Crippen LogP contribution in [0, 0.1) is 11.3 Å². The summed E-state index contributed by atoms with van der Waals surface area (Å²) < 4.78 is 43.9. The Hall–Kier alpha value is -3.87. The zero-order valence-corrected chi connectivity index (χ0v) is 15.6. The smallest absolute Gasteiger partial charge is 0.433 e. The lowest BCUT2D eigenvalue weighted by Gasteiger charge is -2.22. The van der Waals surface area contributed by atoms with Gasteiger partial charge < -0.3 is 4.74 Å². The van der Waals surface area contributed by atoms with E-state index >= 15 is 0 Å². The highest BCUT2D eigenvalue weighted by atomic mass is 19.4. The van der Waals surface area contributed by atoms with E-state index < -0.39 is 23.9 Å². The number of hydrogen-bond donors (Lipinski definition) is 0. The van der Waals surface area contributed by atoms with Gasteiger partial charge in [0.1, 0.15) is 17.4 Å². The third-order valence-corrected chi connectivity index (χ3v) is 4.77. The molecule has 0 saturated carbocycles. The van der Waals surface area contributed by atoms with Crippen molar-refractivity contribution < 1.29 is 22.7 Å². The normalized spacial score (nSPS) is 16.8. The van der Waals surface area contributed by atoms with Gasteiger partial charge in [-0.25, -0.2) is 9.78 Å². The molecule has 1 aromatic carbocycles. The van der Waals surface area contributed by atoms with E-state index in [9.17, 15) is 23.2 Å². The lowest BCUT2D eigenvalue weighted by Crippen LogP contribution is -2.35. The number of amides is 2. The van der Waals surface area contributed by atoms with Gasteiger partial charge in [-0.2, -0.15) is 18.4 Å². The predicted molar refractivity (Wildman–Crippen MR) is 102 cm³/mol. The second-order valence-corrected chi connectivity index (χ2v) is 6.51. The second kappa shape index (κ2) is 7.18. The molecule has 4 rings (SSSR count). The van der Waals surface area contributed by atoms with E-state index in [0.717, 1.165) is 22.9 Å². The monoisotopic (exact) mass is 413 g/mol. The van der Waals surface area contributed by atoms with Gasteiger partial charge >= 0.3 is 12.2 Å². The number of nitriles is 1. The van der Waals surface area contributed by atoms with Crippen molar-refractivity contribution in [3.05, 3.63) is 54.5 Å². The molecule has 152 valence electrons. The molecule has 10 heteroatoms. The van der Waals surface area contributed by atoms with Gasteiger partial charge in [0.05, 0.1) is 31.6 Å². The first-order valence-electron chi connectivity index (χ1n) is 8.80. The van der Waals surface area contributed by atoms with Crippen LogP contribution in [0.3, 0.4) is 0 Å². The largest absolute Gasteiger partial charge is 0.479 e. The van der Waals surface area contributed by atoms with E-state index in [4.69, 9.17) is 4.74 Å². The SMILES string of the molecule is COc1nc(C(F)(F)F)ccc1N1CC(C#N)N(c2cncc3ccccc23)C1=O. The second-order valence-electron chi connectivity index (χ2n) is 6.51. The Morgan fingerprint density at radius 1 is 1.17 bits per heavy atom. The first-order chi connectivity index (χ1) is 14.3. The summed E-state index contributed by atoms with van der Waals surface area (Å²) in [5, 5.41) is 11.1. The average Bonchev–Trinajstić information content (AvgIpc) is 3.08. The number of benzene rings is 1. The number of halogens is 3. The summed E-state index contributed by atoms with van der Waals surface area (Å²) in [7, 11) is 1.17. The third kappa shape index (κ3) is 3.14. The number of pyridine rings is 2. The Bertz CT molecular complexity index is 1170. The molecule has 3 heterocycles. The summed E-state index contributed by atoms with van der Waals surface area (Å²) in [5.74, 6) is -0.354. The van der Waals surface area contributed by atoms with E-state index in [-0.39, 0.29) is 18.1 Å². The number of ether oxygens (including phenoxy) is 1. The molecule has 3 aromatic rings. The Kier molecular flexibility index (Phi) is 4.66. The summed E-state index contributed by atoms with van der Waals surface area (Å²) in [6, 6.07) is 9.76. The number of nitrogens with zero attached hydrogens (tertiary/aromatic N) is 5. The molecule has 0 N–H and O–H groups in total. The number of methoxy groups -OCH3 is 1. The molecule has 1 unspecified atom stereocenters. The van der Waals surface area contributed by atoms with Gasteiger partial charge in [-0.3, -0.25) is 14.8 Å². The predicted octanol–water partition coefficient (Wildman–Crippen LogP) is 4.00. The van der Waals surface area contributed by atoms with Gasteiger partial charge in [-0.1, -0.05) is 24.3 Å². The van der Waals surface area contributed by atoms with E-state index in [1.807, 2.05) is 12.1 Å². The Morgan fingerprint density at radius 2 is 1.93 bits per heavy atom. The first kappa shape index (κ1) is 19.4. The molecule has 1 aliphatic rings. The van der Waals surface area contributed by atoms with Crippen LogP contribution in [0.5, 0.6) is 5.88 Å². The molecular weight excluding hydrogens is 399 g/mol. The van der Waals surface area contributed by atoms with E-state index in [2.05, 4.69) is 16.0 Å². The molecular formula is C20H14F3N5O2. The van der Waals surface area contributed by atoms with Crippen LogP contribution in [0.4, 0.5) is 29.3 Å². The number of carbonyl (C=O) groups is 1.